The Kier molecular flexibility index (Phi) is 4.12. The molecule has 0 atom stereocenters. The van der Waals surface area contributed by atoms with Crippen molar-refractivity contribution in [3.63, 3.8) is 0 Å². The summed E-state index contributed by atoms with van der Waals surface area (Å²) in [4.78, 5) is 12.0. The van der Waals surface area contributed by atoms with E-state index in [2.05, 4.69) is 0 Å². The van der Waals surface area contributed by atoms with Crippen molar-refractivity contribution in [3.05, 3.63) is 58.8 Å². The van der Waals surface area contributed by atoms with E-state index in [9.17, 15) is 15.0 Å². The van der Waals surface area contributed by atoms with Crippen LogP contribution in [-0.2, 0) is 0 Å². The Balaban J connectivity index is 0.00000147. The van der Waals surface area contributed by atoms with Gasteiger partial charge in [-0.1, -0.05) is 30.3 Å². The average molecular weight is 463 g/mol. The van der Waals surface area contributed by atoms with Gasteiger partial charge in [0.15, 0.2) is 5.43 Å². The molecule has 5 heteroatoms. The topological polar surface area (TPSA) is 70.7 Å². The molecule has 3 aromatic rings. The SMILES string of the molecule is O=c1cc(-c2ccccc2)oc2cc(O)cc(O)c12.[PbH2]. The van der Waals surface area contributed by atoms with Gasteiger partial charge >= 0.3 is 27.3 Å². The second-order valence-electron chi connectivity index (χ2n) is 4.18. The van der Waals surface area contributed by atoms with Gasteiger partial charge in [0.05, 0.1) is 0 Å². The van der Waals surface area contributed by atoms with Crippen LogP contribution in [0.5, 0.6) is 11.5 Å². The number of benzene rings is 2. The Morgan fingerprint density at radius 2 is 1.65 bits per heavy atom. The molecule has 2 N–H and O–H groups in total. The van der Waals surface area contributed by atoms with Crippen LogP contribution in [0.15, 0.2) is 57.7 Å². The molecule has 0 amide bonds. The summed E-state index contributed by atoms with van der Waals surface area (Å²) in [5.41, 5.74) is 0.561. The molecule has 0 saturated carbocycles. The quantitative estimate of drug-likeness (QED) is 0.542. The van der Waals surface area contributed by atoms with E-state index >= 15 is 0 Å². The van der Waals surface area contributed by atoms with Crippen molar-refractivity contribution in [2.75, 3.05) is 0 Å². The zero-order chi connectivity index (χ0) is 13.4. The van der Waals surface area contributed by atoms with Crippen molar-refractivity contribution < 1.29 is 14.6 Å². The Morgan fingerprint density at radius 1 is 0.950 bits per heavy atom. The maximum atomic E-state index is 12.0. The molecule has 3 rings (SSSR count). The van der Waals surface area contributed by atoms with Crippen molar-refractivity contribution >= 4 is 38.3 Å². The molecule has 0 fully saturated rings. The maximum absolute atomic E-state index is 12.0. The third-order valence-electron chi connectivity index (χ3n) is 2.85. The summed E-state index contributed by atoms with van der Waals surface area (Å²) in [7, 11) is 0. The second kappa shape index (κ2) is 5.66. The van der Waals surface area contributed by atoms with Crippen molar-refractivity contribution in [1.82, 2.24) is 0 Å². The molecular formula is C15H12O4Pb. The molecule has 0 spiro atoms. The molecule has 4 nitrogen and oxygen atoms in total. The van der Waals surface area contributed by atoms with E-state index in [1.165, 1.54) is 12.1 Å². The summed E-state index contributed by atoms with van der Waals surface area (Å²) in [6.07, 6.45) is 0. The number of fused-ring (bicyclic) bond motifs is 1. The third kappa shape index (κ3) is 2.55. The van der Waals surface area contributed by atoms with E-state index < -0.39 is 0 Å². The molecule has 0 aliphatic rings. The number of hydrogen-bond donors (Lipinski definition) is 2. The first kappa shape index (κ1) is 14.6. The van der Waals surface area contributed by atoms with Crippen LogP contribution in [-0.4, -0.2) is 37.5 Å². The molecule has 0 aliphatic carbocycles. The number of aromatic hydroxyl groups is 2. The minimum absolute atomic E-state index is 0. The Morgan fingerprint density at radius 3 is 2.35 bits per heavy atom. The van der Waals surface area contributed by atoms with Gasteiger partial charge in [-0.25, -0.2) is 0 Å². The van der Waals surface area contributed by atoms with Crippen LogP contribution in [0.2, 0.25) is 0 Å². The molecule has 0 saturated heterocycles. The predicted octanol–water partition coefficient (Wildman–Crippen LogP) is 1.96. The monoisotopic (exact) mass is 464 g/mol. The molecule has 0 aliphatic heterocycles. The van der Waals surface area contributed by atoms with Crippen molar-refractivity contribution in [2.45, 2.75) is 0 Å². The van der Waals surface area contributed by atoms with Crippen LogP contribution < -0.4 is 5.43 Å². The van der Waals surface area contributed by atoms with Crippen molar-refractivity contribution in [3.8, 4) is 22.8 Å². The van der Waals surface area contributed by atoms with Gasteiger partial charge in [-0.05, 0) is 0 Å². The predicted molar refractivity (Wildman–Crippen MR) is 79.8 cm³/mol. The van der Waals surface area contributed by atoms with E-state index in [4.69, 9.17) is 4.42 Å². The van der Waals surface area contributed by atoms with Crippen LogP contribution >= 0.6 is 0 Å². The van der Waals surface area contributed by atoms with Gasteiger partial charge in [0.2, 0.25) is 0 Å². The van der Waals surface area contributed by atoms with E-state index in [0.29, 0.717) is 5.76 Å². The summed E-state index contributed by atoms with van der Waals surface area (Å²) >= 11 is 0. The van der Waals surface area contributed by atoms with Crippen LogP contribution in [0.1, 0.15) is 0 Å². The number of hydrogen-bond acceptors (Lipinski definition) is 4. The first-order valence-corrected chi connectivity index (χ1v) is 5.70. The Bertz CT molecular complexity index is 809. The average Bonchev–Trinajstić information content (AvgIpc) is 2.38. The molecule has 1 heterocycles. The van der Waals surface area contributed by atoms with Crippen LogP contribution in [0.4, 0.5) is 0 Å². The normalized spacial score (nSPS) is 10.2. The van der Waals surface area contributed by atoms with Gasteiger partial charge in [-0.2, -0.15) is 0 Å². The third-order valence-corrected chi connectivity index (χ3v) is 2.85. The Labute approximate surface area is 134 Å². The Hall–Kier alpha value is -1.83. The fourth-order valence-electron chi connectivity index (χ4n) is 2.00. The van der Waals surface area contributed by atoms with Crippen LogP contribution in [0.25, 0.3) is 22.3 Å². The zero-order valence-corrected chi connectivity index (χ0v) is 16.0. The van der Waals surface area contributed by atoms with E-state index in [1.54, 1.807) is 0 Å². The van der Waals surface area contributed by atoms with Crippen LogP contribution in [0.3, 0.4) is 0 Å². The molecule has 2 aromatic carbocycles. The molecular weight excluding hydrogens is 451 g/mol. The van der Waals surface area contributed by atoms with E-state index in [0.717, 1.165) is 11.6 Å². The number of phenols is 2. The summed E-state index contributed by atoms with van der Waals surface area (Å²) < 4.78 is 5.57. The number of phenolic OH excluding ortho intramolecular Hbond substituents is 2. The molecule has 0 bridgehead atoms. The van der Waals surface area contributed by atoms with E-state index in [-0.39, 0.29) is 55.2 Å². The summed E-state index contributed by atoms with van der Waals surface area (Å²) in [5.74, 6) is -0.0511. The molecule has 2 radical (unpaired) electrons. The first-order valence-electron chi connectivity index (χ1n) is 5.70. The van der Waals surface area contributed by atoms with Crippen molar-refractivity contribution in [1.29, 1.82) is 0 Å². The van der Waals surface area contributed by atoms with Crippen molar-refractivity contribution in [2.24, 2.45) is 0 Å². The summed E-state index contributed by atoms with van der Waals surface area (Å²) in [6, 6.07) is 12.9. The van der Waals surface area contributed by atoms with E-state index in [1.807, 2.05) is 30.3 Å². The molecule has 100 valence electrons. The summed E-state index contributed by atoms with van der Waals surface area (Å²) in [6.45, 7) is 0. The second-order valence-corrected chi connectivity index (χ2v) is 4.18. The summed E-state index contributed by atoms with van der Waals surface area (Å²) in [5, 5.41) is 19.2. The minimum atomic E-state index is -0.349. The molecule has 20 heavy (non-hydrogen) atoms. The van der Waals surface area contributed by atoms with Crippen LogP contribution in [0, 0.1) is 0 Å². The zero-order valence-electron chi connectivity index (χ0n) is 10.5. The fraction of sp³-hybridized carbons (Fsp3) is 0. The fourth-order valence-corrected chi connectivity index (χ4v) is 2.00. The first-order chi connectivity index (χ1) is 9.15. The van der Waals surface area contributed by atoms with Gasteiger partial charge in [-0.3, -0.25) is 4.79 Å². The van der Waals surface area contributed by atoms with Gasteiger partial charge < -0.3 is 14.6 Å². The van der Waals surface area contributed by atoms with Gasteiger partial charge in [0.25, 0.3) is 0 Å². The molecule has 0 unspecified atom stereocenters. The molecule has 1 aromatic heterocycles. The van der Waals surface area contributed by atoms with Gasteiger partial charge in [0.1, 0.15) is 28.2 Å². The standard InChI is InChI=1S/C15H10O4.Pb.2H/c16-10-6-11(17)15-12(18)8-13(19-14(15)7-10)9-4-2-1-3-5-9;;;/h1-8,16-17H;;;. The number of rotatable bonds is 1. The van der Waals surface area contributed by atoms with Gasteiger partial charge in [0, 0.05) is 23.8 Å². The van der Waals surface area contributed by atoms with Gasteiger partial charge in [-0.15, -0.1) is 0 Å².